The van der Waals surface area contributed by atoms with Gasteiger partial charge in [-0.05, 0) is 35.7 Å². The van der Waals surface area contributed by atoms with Crippen LogP contribution in [0.25, 0.3) is 22.4 Å². The molecule has 1 aromatic heterocycles. The number of halogens is 1. The second kappa shape index (κ2) is 6.46. The van der Waals surface area contributed by atoms with Gasteiger partial charge in [-0.1, -0.05) is 48.0 Å². The van der Waals surface area contributed by atoms with Crippen LogP contribution in [-0.2, 0) is 17.7 Å². The van der Waals surface area contributed by atoms with Gasteiger partial charge in [-0.2, -0.15) is 0 Å². The Morgan fingerprint density at radius 3 is 2.58 bits per heavy atom. The maximum absolute atomic E-state index is 13.1. The Hall–Kier alpha value is -2.85. The van der Waals surface area contributed by atoms with Gasteiger partial charge >= 0.3 is 5.97 Å². The SMILES string of the molecule is COC(=O)c1cc(-c2ccccc2)c(=O)n2c1-c1cc(Cl)ccc1CC2. The van der Waals surface area contributed by atoms with Crippen molar-refractivity contribution in [2.24, 2.45) is 0 Å². The van der Waals surface area contributed by atoms with Gasteiger partial charge in [-0.3, -0.25) is 4.79 Å². The molecule has 3 aromatic rings. The van der Waals surface area contributed by atoms with E-state index in [2.05, 4.69) is 0 Å². The molecule has 0 fully saturated rings. The van der Waals surface area contributed by atoms with E-state index in [9.17, 15) is 9.59 Å². The number of aromatic nitrogens is 1. The van der Waals surface area contributed by atoms with Gasteiger partial charge in [0.15, 0.2) is 0 Å². The molecule has 0 aliphatic carbocycles. The zero-order chi connectivity index (χ0) is 18.3. The molecule has 0 unspecified atom stereocenters. The van der Waals surface area contributed by atoms with Crippen LogP contribution in [0.1, 0.15) is 15.9 Å². The fourth-order valence-corrected chi connectivity index (χ4v) is 3.65. The number of esters is 1. The number of hydrogen-bond acceptors (Lipinski definition) is 3. The number of nitrogens with zero attached hydrogens (tertiary/aromatic N) is 1. The minimum Gasteiger partial charge on any atom is -0.465 e. The second-order valence-corrected chi connectivity index (χ2v) is 6.62. The lowest BCUT2D eigenvalue weighted by molar-refractivity contribution is 0.0600. The third-order valence-electron chi connectivity index (χ3n) is 4.71. The van der Waals surface area contributed by atoms with E-state index in [-0.39, 0.29) is 5.56 Å². The number of carbonyl (C=O) groups excluding carboxylic acids is 1. The number of methoxy groups -OCH3 is 1. The average Bonchev–Trinajstić information content (AvgIpc) is 2.68. The molecule has 26 heavy (non-hydrogen) atoms. The lowest BCUT2D eigenvalue weighted by Crippen LogP contribution is -2.29. The zero-order valence-corrected chi connectivity index (χ0v) is 14.9. The predicted octanol–water partition coefficient (Wildman–Crippen LogP) is 4.18. The molecular formula is C21H16ClNO3. The van der Waals surface area contributed by atoms with Crippen LogP contribution in [-0.4, -0.2) is 17.6 Å². The number of ether oxygens (including phenoxy) is 1. The highest BCUT2D eigenvalue weighted by Gasteiger charge is 2.26. The molecule has 0 radical (unpaired) electrons. The molecule has 130 valence electrons. The van der Waals surface area contributed by atoms with Gasteiger partial charge < -0.3 is 9.30 Å². The minimum absolute atomic E-state index is 0.121. The number of fused-ring (bicyclic) bond motifs is 3. The molecule has 1 aliphatic rings. The third-order valence-corrected chi connectivity index (χ3v) is 4.95. The third kappa shape index (κ3) is 2.63. The first-order valence-electron chi connectivity index (χ1n) is 8.30. The van der Waals surface area contributed by atoms with Gasteiger partial charge in [0.05, 0.1) is 18.4 Å². The lowest BCUT2D eigenvalue weighted by atomic mass is 9.92. The quantitative estimate of drug-likeness (QED) is 0.640. The van der Waals surface area contributed by atoms with Gasteiger partial charge in [0, 0.05) is 22.7 Å². The van der Waals surface area contributed by atoms with E-state index < -0.39 is 5.97 Å². The summed E-state index contributed by atoms with van der Waals surface area (Å²) < 4.78 is 6.65. The smallest absolute Gasteiger partial charge is 0.340 e. The standard InChI is InChI=1S/C21H16ClNO3/c1-26-21(25)18-12-17(13-5-3-2-4-6-13)20(24)23-10-9-14-7-8-15(22)11-16(14)19(18)23/h2-8,11-12H,9-10H2,1H3. The van der Waals surface area contributed by atoms with E-state index in [1.165, 1.54) is 7.11 Å². The number of rotatable bonds is 2. The monoisotopic (exact) mass is 365 g/mol. The first-order chi connectivity index (χ1) is 12.6. The highest BCUT2D eigenvalue weighted by Crippen LogP contribution is 2.34. The molecule has 0 saturated carbocycles. The van der Waals surface area contributed by atoms with Gasteiger partial charge in [-0.25, -0.2) is 4.79 Å². The zero-order valence-electron chi connectivity index (χ0n) is 14.2. The van der Waals surface area contributed by atoms with Crippen molar-refractivity contribution in [3.05, 3.63) is 81.1 Å². The molecule has 2 heterocycles. The van der Waals surface area contributed by atoms with Crippen molar-refractivity contribution in [3.63, 3.8) is 0 Å². The van der Waals surface area contributed by atoms with Gasteiger partial charge in [0.1, 0.15) is 0 Å². The summed E-state index contributed by atoms with van der Waals surface area (Å²) in [5, 5.41) is 0.563. The molecule has 0 atom stereocenters. The fourth-order valence-electron chi connectivity index (χ4n) is 3.48. The van der Waals surface area contributed by atoms with Crippen molar-refractivity contribution in [1.82, 2.24) is 4.57 Å². The van der Waals surface area contributed by atoms with Crippen LogP contribution in [0.5, 0.6) is 0 Å². The van der Waals surface area contributed by atoms with E-state index >= 15 is 0 Å². The molecule has 0 saturated heterocycles. The summed E-state index contributed by atoms with van der Waals surface area (Å²) in [5.74, 6) is -0.473. The number of hydrogen-bond donors (Lipinski definition) is 0. The van der Waals surface area contributed by atoms with Gasteiger partial charge in [-0.15, -0.1) is 0 Å². The van der Waals surface area contributed by atoms with E-state index in [0.29, 0.717) is 34.8 Å². The predicted molar refractivity (Wildman–Crippen MR) is 102 cm³/mol. The molecule has 4 rings (SSSR count). The first kappa shape index (κ1) is 16.6. The molecule has 0 amide bonds. The van der Waals surface area contributed by atoms with Crippen molar-refractivity contribution >= 4 is 17.6 Å². The number of benzene rings is 2. The van der Waals surface area contributed by atoms with Crippen molar-refractivity contribution in [2.45, 2.75) is 13.0 Å². The maximum atomic E-state index is 13.1. The van der Waals surface area contributed by atoms with Crippen LogP contribution in [0.3, 0.4) is 0 Å². The Morgan fingerprint density at radius 1 is 1.08 bits per heavy atom. The summed E-state index contributed by atoms with van der Waals surface area (Å²) >= 11 is 6.17. The normalized spacial score (nSPS) is 12.2. The molecular weight excluding hydrogens is 350 g/mol. The largest absolute Gasteiger partial charge is 0.465 e. The number of carbonyl (C=O) groups is 1. The topological polar surface area (TPSA) is 48.3 Å². The number of pyridine rings is 1. The Bertz CT molecular complexity index is 1070. The summed E-state index contributed by atoms with van der Waals surface area (Å²) in [6, 6.07) is 16.5. The Balaban J connectivity index is 2.07. The molecule has 2 aromatic carbocycles. The molecule has 1 aliphatic heterocycles. The van der Waals surface area contributed by atoms with Crippen LogP contribution in [0, 0.1) is 0 Å². The molecule has 4 nitrogen and oxygen atoms in total. The Labute approximate surface area is 155 Å². The summed E-state index contributed by atoms with van der Waals surface area (Å²) in [6.07, 6.45) is 0.707. The number of aryl methyl sites for hydroxylation is 1. The van der Waals surface area contributed by atoms with E-state index in [0.717, 1.165) is 16.7 Å². The minimum atomic E-state index is -0.473. The van der Waals surface area contributed by atoms with Crippen LogP contribution >= 0.6 is 11.6 Å². The van der Waals surface area contributed by atoms with Crippen molar-refractivity contribution in [1.29, 1.82) is 0 Å². The van der Waals surface area contributed by atoms with E-state index in [1.54, 1.807) is 16.7 Å². The van der Waals surface area contributed by atoms with Crippen LogP contribution < -0.4 is 5.56 Å². The van der Waals surface area contributed by atoms with E-state index in [1.807, 2.05) is 42.5 Å². The molecule has 5 heteroatoms. The summed E-state index contributed by atoms with van der Waals surface area (Å²) in [4.78, 5) is 25.7. The Morgan fingerprint density at radius 2 is 1.85 bits per heavy atom. The maximum Gasteiger partial charge on any atom is 0.340 e. The van der Waals surface area contributed by atoms with Crippen molar-refractivity contribution < 1.29 is 9.53 Å². The highest BCUT2D eigenvalue weighted by molar-refractivity contribution is 6.31. The van der Waals surface area contributed by atoms with Crippen molar-refractivity contribution in [3.8, 4) is 22.4 Å². The molecule has 0 N–H and O–H groups in total. The van der Waals surface area contributed by atoms with Gasteiger partial charge in [0.2, 0.25) is 0 Å². The average molecular weight is 366 g/mol. The lowest BCUT2D eigenvalue weighted by Gasteiger charge is -2.25. The van der Waals surface area contributed by atoms with E-state index in [4.69, 9.17) is 16.3 Å². The second-order valence-electron chi connectivity index (χ2n) is 6.19. The van der Waals surface area contributed by atoms with Crippen molar-refractivity contribution in [2.75, 3.05) is 7.11 Å². The summed E-state index contributed by atoms with van der Waals surface area (Å²) in [6.45, 7) is 0.507. The van der Waals surface area contributed by atoms with Crippen LogP contribution in [0.4, 0.5) is 0 Å². The van der Waals surface area contributed by atoms with Crippen LogP contribution in [0.2, 0.25) is 5.02 Å². The van der Waals surface area contributed by atoms with Gasteiger partial charge in [0.25, 0.3) is 5.56 Å². The highest BCUT2D eigenvalue weighted by atomic mass is 35.5. The Kier molecular flexibility index (Phi) is 4.13. The molecule has 0 spiro atoms. The fraction of sp³-hybridized carbons (Fsp3) is 0.143. The molecule has 0 bridgehead atoms. The summed E-state index contributed by atoms with van der Waals surface area (Å²) in [5.41, 5.74) is 3.95. The summed E-state index contributed by atoms with van der Waals surface area (Å²) in [7, 11) is 1.34. The van der Waals surface area contributed by atoms with Crippen LogP contribution in [0.15, 0.2) is 59.4 Å². The first-order valence-corrected chi connectivity index (χ1v) is 8.68.